The largest absolute Gasteiger partial charge is 0.497 e. The highest BCUT2D eigenvalue weighted by atomic mass is 35.5. The molecule has 0 aromatic heterocycles. The summed E-state index contributed by atoms with van der Waals surface area (Å²) in [5.41, 5.74) is 2.37. The fourth-order valence-electron chi connectivity index (χ4n) is 2.68. The molecule has 0 aliphatic carbocycles. The Kier molecular flexibility index (Phi) is 5.73. The van der Waals surface area contributed by atoms with E-state index in [0.717, 1.165) is 11.1 Å². The van der Waals surface area contributed by atoms with Gasteiger partial charge in [-0.1, -0.05) is 47.5 Å². The minimum atomic E-state index is -3.79. The van der Waals surface area contributed by atoms with Crippen LogP contribution in [0.1, 0.15) is 11.1 Å². The molecule has 0 saturated carbocycles. The molecule has 3 rings (SSSR count). The smallest absolute Gasteiger partial charge is 0.264 e. The maximum Gasteiger partial charge on any atom is 0.264 e. The van der Waals surface area contributed by atoms with Gasteiger partial charge < -0.3 is 4.74 Å². The minimum absolute atomic E-state index is 0.136. The number of sulfonamides is 1. The van der Waals surface area contributed by atoms with Crippen molar-refractivity contribution >= 4 is 27.3 Å². The molecule has 140 valence electrons. The Labute approximate surface area is 165 Å². The lowest BCUT2D eigenvalue weighted by Gasteiger charge is -2.25. The van der Waals surface area contributed by atoms with Crippen LogP contribution in [-0.2, 0) is 16.6 Å². The van der Waals surface area contributed by atoms with Crippen LogP contribution in [0.15, 0.2) is 77.7 Å². The molecule has 0 spiro atoms. The Bertz CT molecular complexity index is 1020. The molecule has 3 aromatic carbocycles. The normalized spacial score (nSPS) is 11.2. The molecule has 4 nitrogen and oxygen atoms in total. The lowest BCUT2D eigenvalue weighted by atomic mass is 10.2. The zero-order valence-corrected chi connectivity index (χ0v) is 16.7. The predicted octanol–water partition coefficient (Wildman–Crippen LogP) is 5.05. The number of methoxy groups -OCH3 is 1. The second-order valence-corrected chi connectivity index (χ2v) is 8.38. The summed E-state index contributed by atoms with van der Waals surface area (Å²) in [5.74, 6) is 0.599. The second-order valence-electron chi connectivity index (χ2n) is 6.11. The van der Waals surface area contributed by atoms with Crippen LogP contribution < -0.4 is 9.04 Å². The van der Waals surface area contributed by atoms with Crippen LogP contribution in [-0.4, -0.2) is 15.5 Å². The lowest BCUT2D eigenvalue weighted by molar-refractivity contribution is 0.414. The Morgan fingerprint density at radius 3 is 2.15 bits per heavy atom. The maximum absolute atomic E-state index is 13.4. The van der Waals surface area contributed by atoms with Crippen molar-refractivity contribution in [1.82, 2.24) is 0 Å². The van der Waals surface area contributed by atoms with Crippen molar-refractivity contribution < 1.29 is 13.2 Å². The van der Waals surface area contributed by atoms with Gasteiger partial charge in [-0.15, -0.1) is 0 Å². The van der Waals surface area contributed by atoms with Crippen molar-refractivity contribution in [3.8, 4) is 5.75 Å². The first-order valence-corrected chi connectivity index (χ1v) is 10.2. The zero-order chi connectivity index (χ0) is 19.4. The van der Waals surface area contributed by atoms with Crippen molar-refractivity contribution in [1.29, 1.82) is 0 Å². The fraction of sp³-hybridized carbons (Fsp3) is 0.143. The minimum Gasteiger partial charge on any atom is -0.497 e. The number of benzene rings is 3. The van der Waals surface area contributed by atoms with Gasteiger partial charge in [0.1, 0.15) is 5.75 Å². The SMILES string of the molecule is COc1ccc(S(=O)(=O)N(Cc2ccccc2Cl)c2ccc(C)cc2)cc1. The first kappa shape index (κ1) is 19.3. The van der Waals surface area contributed by atoms with Gasteiger partial charge in [-0.25, -0.2) is 8.42 Å². The Balaban J connectivity index is 2.07. The summed E-state index contributed by atoms with van der Waals surface area (Å²) < 4.78 is 33.2. The van der Waals surface area contributed by atoms with Crippen molar-refractivity contribution in [3.05, 3.63) is 88.9 Å². The molecule has 0 saturated heterocycles. The molecule has 6 heteroatoms. The zero-order valence-electron chi connectivity index (χ0n) is 15.1. The highest BCUT2D eigenvalue weighted by molar-refractivity contribution is 7.92. The van der Waals surface area contributed by atoms with Crippen LogP contribution in [0.4, 0.5) is 5.69 Å². The van der Waals surface area contributed by atoms with Gasteiger partial charge in [0.05, 0.1) is 24.2 Å². The molecule has 27 heavy (non-hydrogen) atoms. The van der Waals surface area contributed by atoms with Crippen LogP contribution in [0.3, 0.4) is 0 Å². The molecule has 3 aromatic rings. The summed E-state index contributed by atoms with van der Waals surface area (Å²) in [7, 11) is -2.25. The topological polar surface area (TPSA) is 46.6 Å². The van der Waals surface area contributed by atoms with Crippen LogP contribution in [0.5, 0.6) is 5.75 Å². The summed E-state index contributed by atoms with van der Waals surface area (Å²) in [5, 5.41) is 0.527. The number of aryl methyl sites for hydroxylation is 1. The molecule has 0 aliphatic rings. The summed E-state index contributed by atoms with van der Waals surface area (Å²) >= 11 is 6.28. The van der Waals surface area contributed by atoms with E-state index in [1.807, 2.05) is 37.3 Å². The van der Waals surface area contributed by atoms with E-state index >= 15 is 0 Å². The van der Waals surface area contributed by atoms with Crippen molar-refractivity contribution in [2.24, 2.45) is 0 Å². The van der Waals surface area contributed by atoms with Gasteiger partial charge >= 0.3 is 0 Å². The summed E-state index contributed by atoms with van der Waals surface area (Å²) in [6.07, 6.45) is 0. The van der Waals surface area contributed by atoms with Crippen LogP contribution >= 0.6 is 11.6 Å². The molecule has 0 bridgehead atoms. The lowest BCUT2D eigenvalue weighted by Crippen LogP contribution is -2.30. The molecule has 0 unspecified atom stereocenters. The third-order valence-corrected chi connectivity index (χ3v) is 6.40. The van der Waals surface area contributed by atoms with Gasteiger partial charge in [-0.05, 0) is 55.0 Å². The standard InChI is InChI=1S/C21H20ClNO3S/c1-16-7-9-18(10-8-16)23(15-17-5-3-4-6-21(17)22)27(24,25)20-13-11-19(26-2)12-14-20/h3-14H,15H2,1-2H3. The van der Waals surface area contributed by atoms with E-state index in [2.05, 4.69) is 0 Å². The highest BCUT2D eigenvalue weighted by Crippen LogP contribution is 2.29. The van der Waals surface area contributed by atoms with E-state index in [1.165, 1.54) is 4.31 Å². The van der Waals surface area contributed by atoms with Crippen molar-refractivity contribution in [2.45, 2.75) is 18.4 Å². The number of nitrogens with zero attached hydrogens (tertiary/aromatic N) is 1. The number of rotatable bonds is 6. The van der Waals surface area contributed by atoms with Gasteiger partial charge in [0.25, 0.3) is 10.0 Å². The van der Waals surface area contributed by atoms with Crippen LogP contribution in [0, 0.1) is 6.92 Å². The van der Waals surface area contributed by atoms with Gasteiger partial charge in [0, 0.05) is 5.02 Å². The van der Waals surface area contributed by atoms with E-state index < -0.39 is 10.0 Å². The van der Waals surface area contributed by atoms with E-state index in [9.17, 15) is 8.42 Å². The molecule has 0 fully saturated rings. The predicted molar refractivity (Wildman–Crippen MR) is 109 cm³/mol. The molecule has 0 atom stereocenters. The highest BCUT2D eigenvalue weighted by Gasteiger charge is 2.26. The van der Waals surface area contributed by atoms with Gasteiger partial charge in [-0.2, -0.15) is 0 Å². The quantitative estimate of drug-likeness (QED) is 0.580. The number of hydrogen-bond acceptors (Lipinski definition) is 3. The Hall–Kier alpha value is -2.50. The summed E-state index contributed by atoms with van der Waals surface area (Å²) in [6.45, 7) is 2.09. The molecule has 0 heterocycles. The molecular weight excluding hydrogens is 382 g/mol. The van der Waals surface area contributed by atoms with E-state index in [0.29, 0.717) is 16.5 Å². The number of anilines is 1. The number of halogens is 1. The molecule has 0 amide bonds. The third-order valence-electron chi connectivity index (χ3n) is 4.24. The van der Waals surface area contributed by atoms with Crippen molar-refractivity contribution in [2.75, 3.05) is 11.4 Å². The molecule has 0 N–H and O–H groups in total. The fourth-order valence-corrected chi connectivity index (χ4v) is 4.32. The average Bonchev–Trinajstić information content (AvgIpc) is 2.68. The van der Waals surface area contributed by atoms with E-state index in [4.69, 9.17) is 16.3 Å². The van der Waals surface area contributed by atoms with Gasteiger partial charge in [0.2, 0.25) is 0 Å². The first-order chi connectivity index (χ1) is 12.9. The third kappa shape index (κ3) is 4.26. The number of hydrogen-bond donors (Lipinski definition) is 0. The number of ether oxygens (including phenoxy) is 1. The van der Waals surface area contributed by atoms with Crippen LogP contribution in [0.2, 0.25) is 5.02 Å². The maximum atomic E-state index is 13.4. The summed E-state index contributed by atoms with van der Waals surface area (Å²) in [6, 6.07) is 21.0. The van der Waals surface area contributed by atoms with Gasteiger partial charge in [0.15, 0.2) is 0 Å². The van der Waals surface area contributed by atoms with Crippen molar-refractivity contribution in [3.63, 3.8) is 0 Å². The Morgan fingerprint density at radius 2 is 1.56 bits per heavy atom. The monoisotopic (exact) mass is 401 g/mol. The second kappa shape index (κ2) is 8.03. The Morgan fingerprint density at radius 1 is 0.926 bits per heavy atom. The van der Waals surface area contributed by atoms with Gasteiger partial charge in [-0.3, -0.25) is 4.31 Å². The molecular formula is C21H20ClNO3S. The van der Waals surface area contributed by atoms with E-state index in [1.54, 1.807) is 49.6 Å². The summed E-state index contributed by atoms with van der Waals surface area (Å²) in [4.78, 5) is 0.191. The molecule has 0 aliphatic heterocycles. The van der Waals surface area contributed by atoms with E-state index in [-0.39, 0.29) is 11.4 Å². The molecule has 0 radical (unpaired) electrons. The van der Waals surface area contributed by atoms with Crippen LogP contribution in [0.25, 0.3) is 0 Å². The first-order valence-electron chi connectivity index (χ1n) is 8.38. The average molecular weight is 402 g/mol.